The van der Waals surface area contributed by atoms with Gasteiger partial charge >= 0.3 is 0 Å². The molecule has 0 radical (unpaired) electrons. The van der Waals surface area contributed by atoms with Crippen molar-refractivity contribution in [1.29, 1.82) is 0 Å². The van der Waals surface area contributed by atoms with Crippen LogP contribution in [0.15, 0.2) is 30.3 Å². The molecule has 1 rings (SSSR count). The molecule has 0 amide bonds. The number of hydrogen-bond donors (Lipinski definition) is 0. The van der Waals surface area contributed by atoms with Crippen LogP contribution in [0.4, 0.5) is 0 Å². The van der Waals surface area contributed by atoms with Crippen LogP contribution >= 0.6 is 7.26 Å². The van der Waals surface area contributed by atoms with E-state index in [1.807, 2.05) is 0 Å². The van der Waals surface area contributed by atoms with Gasteiger partial charge in [-0.1, -0.05) is 18.2 Å². The second-order valence-corrected chi connectivity index (χ2v) is 7.89. The van der Waals surface area contributed by atoms with Gasteiger partial charge < -0.3 is 0 Å². The summed E-state index contributed by atoms with van der Waals surface area (Å²) in [7, 11) is -0.768. The zero-order chi connectivity index (χ0) is 7.61. The third-order valence-electron chi connectivity index (χ3n) is 1.53. The molecule has 0 fully saturated rings. The summed E-state index contributed by atoms with van der Waals surface area (Å²) in [5.41, 5.74) is 0. The number of benzene rings is 1. The molecule has 0 N–H and O–H groups in total. The maximum absolute atomic E-state index is 2.34. The molecule has 1 aromatic rings. The van der Waals surface area contributed by atoms with Crippen LogP contribution in [0.2, 0.25) is 0 Å². The van der Waals surface area contributed by atoms with Crippen molar-refractivity contribution in [2.45, 2.75) is 0 Å². The van der Waals surface area contributed by atoms with E-state index in [1.54, 1.807) is 0 Å². The molecule has 0 nitrogen and oxygen atoms in total. The quantitative estimate of drug-likeness (QED) is 0.532. The zero-order valence-electron chi connectivity index (χ0n) is 7.19. The molecule has 0 unspecified atom stereocenters. The minimum absolute atomic E-state index is 0. The van der Waals surface area contributed by atoms with Gasteiger partial charge in [-0.05, 0) is 12.1 Å². The second-order valence-electron chi connectivity index (χ2n) is 3.35. The maximum atomic E-state index is 2.34. The summed E-state index contributed by atoms with van der Waals surface area (Å²) in [5, 5.41) is 1.51. The smallest absolute Gasteiger partial charge is 0.0620 e. The predicted octanol–water partition coefficient (Wildman–Crippen LogP) is 2.22. The van der Waals surface area contributed by atoms with Crippen LogP contribution in [0.1, 0.15) is 0 Å². The summed E-state index contributed by atoms with van der Waals surface area (Å²) in [4.78, 5) is 0. The van der Waals surface area contributed by atoms with E-state index in [1.165, 1.54) is 5.30 Å². The fourth-order valence-electron chi connectivity index (χ4n) is 0.875. The molecule has 0 saturated heterocycles. The molecule has 0 aliphatic heterocycles. The van der Waals surface area contributed by atoms with Gasteiger partial charge in [0.2, 0.25) is 0 Å². The number of hydrogen-bond acceptors (Lipinski definition) is 0. The Labute approximate surface area is 82.5 Å². The molecule has 62 valence electrons. The van der Waals surface area contributed by atoms with E-state index in [4.69, 9.17) is 0 Å². The van der Waals surface area contributed by atoms with Gasteiger partial charge in [0, 0.05) is 26.7 Å². The van der Waals surface area contributed by atoms with Gasteiger partial charge in [-0.15, -0.1) is 0 Å². The molecule has 11 heavy (non-hydrogen) atoms. The fraction of sp³-hybridized carbons (Fsp3) is 0.333. The Hall–Kier alpha value is 0.273. The predicted molar refractivity (Wildman–Crippen MR) is 50.8 cm³/mol. The first-order valence-electron chi connectivity index (χ1n) is 3.48. The van der Waals surface area contributed by atoms with Gasteiger partial charge in [-0.25, -0.2) is 0 Å². The van der Waals surface area contributed by atoms with Crippen molar-refractivity contribution >= 4 is 12.6 Å². The molecule has 1 aromatic carbocycles. The summed E-state index contributed by atoms with van der Waals surface area (Å²) >= 11 is 0. The number of rotatable bonds is 1. The van der Waals surface area contributed by atoms with E-state index in [2.05, 4.69) is 50.3 Å². The summed E-state index contributed by atoms with van der Waals surface area (Å²) in [6.45, 7) is 7.01. The molecule has 0 heterocycles. The summed E-state index contributed by atoms with van der Waals surface area (Å²) < 4.78 is 0. The first kappa shape index (κ1) is 11.3. The largest absolute Gasteiger partial charge is 0.0930 e. The maximum Gasteiger partial charge on any atom is 0.0930 e. The summed E-state index contributed by atoms with van der Waals surface area (Å²) in [6.07, 6.45) is 0. The summed E-state index contributed by atoms with van der Waals surface area (Å²) in [6, 6.07) is 10.7. The molecule has 0 atom stereocenters. The Morgan fingerprint density at radius 2 is 1.36 bits per heavy atom. The monoisotopic (exact) mass is 255 g/mol. The van der Waals surface area contributed by atoms with Crippen molar-refractivity contribution in [3.05, 3.63) is 30.3 Å². The normalized spacial score (nSPS) is 10.5. The molecule has 0 spiro atoms. The van der Waals surface area contributed by atoms with Crippen molar-refractivity contribution in [2.24, 2.45) is 0 Å². The van der Waals surface area contributed by atoms with Crippen LogP contribution in [-0.4, -0.2) is 20.0 Å². The van der Waals surface area contributed by atoms with E-state index in [-0.39, 0.29) is 19.5 Å². The first-order valence-corrected chi connectivity index (χ1v) is 6.61. The Morgan fingerprint density at radius 3 is 1.64 bits per heavy atom. The molecule has 0 aliphatic rings. The summed E-state index contributed by atoms with van der Waals surface area (Å²) in [5.74, 6) is 0. The van der Waals surface area contributed by atoms with E-state index in [0.717, 1.165) is 0 Å². The molecule has 2 heteroatoms. The Kier molecular flexibility index (Phi) is 4.44. The van der Waals surface area contributed by atoms with Crippen LogP contribution in [0.5, 0.6) is 0 Å². The minimum Gasteiger partial charge on any atom is -0.0620 e. The molecular weight excluding hydrogens is 240 g/mol. The van der Waals surface area contributed by atoms with Gasteiger partial charge in [0.25, 0.3) is 0 Å². The van der Waals surface area contributed by atoms with E-state index in [0.29, 0.717) is 0 Å². The first-order chi connectivity index (χ1) is 4.61. The third kappa shape index (κ3) is 3.45. The Morgan fingerprint density at radius 1 is 0.909 bits per heavy atom. The van der Waals surface area contributed by atoms with Gasteiger partial charge in [0.15, 0.2) is 0 Å². The van der Waals surface area contributed by atoms with Crippen LogP contribution in [0, 0.1) is 0 Å². The van der Waals surface area contributed by atoms with Crippen LogP contribution in [0.25, 0.3) is 0 Å². The Bertz CT molecular complexity index is 201. The van der Waals surface area contributed by atoms with Crippen molar-refractivity contribution < 1.29 is 19.5 Å². The minimum atomic E-state index is -0.768. The van der Waals surface area contributed by atoms with E-state index >= 15 is 0 Å². The third-order valence-corrected chi connectivity index (χ3v) is 3.38. The molecular formula is C9H14PRu+. The average molecular weight is 254 g/mol. The Balaban J connectivity index is 0.000001000. The van der Waals surface area contributed by atoms with Gasteiger partial charge in [0.1, 0.15) is 0 Å². The van der Waals surface area contributed by atoms with E-state index < -0.39 is 7.26 Å². The van der Waals surface area contributed by atoms with Gasteiger partial charge in [-0.2, -0.15) is 0 Å². The van der Waals surface area contributed by atoms with Crippen LogP contribution in [0.3, 0.4) is 0 Å². The van der Waals surface area contributed by atoms with Gasteiger partial charge in [0.05, 0.1) is 25.3 Å². The zero-order valence-corrected chi connectivity index (χ0v) is 9.82. The molecule has 0 aromatic heterocycles. The SMILES string of the molecule is C[P+](C)(C)c1ccccc1.[Ru]. The molecule has 0 bridgehead atoms. The van der Waals surface area contributed by atoms with Crippen molar-refractivity contribution in [3.8, 4) is 0 Å². The molecule has 0 saturated carbocycles. The van der Waals surface area contributed by atoms with Crippen LogP contribution in [-0.2, 0) is 19.5 Å². The topological polar surface area (TPSA) is 0 Å². The van der Waals surface area contributed by atoms with Crippen molar-refractivity contribution in [2.75, 3.05) is 20.0 Å². The van der Waals surface area contributed by atoms with Crippen LogP contribution < -0.4 is 5.30 Å². The standard InChI is InChI=1S/C9H14P.Ru/c1-10(2,3)9-7-5-4-6-8-9;/h4-8H,1-3H3;/q+1;. The average Bonchev–Trinajstić information content (AvgIpc) is 1.88. The van der Waals surface area contributed by atoms with Gasteiger partial charge in [-0.3, -0.25) is 0 Å². The fourth-order valence-corrected chi connectivity index (χ4v) is 1.94. The second kappa shape index (κ2) is 4.34. The molecule has 0 aliphatic carbocycles. The van der Waals surface area contributed by atoms with E-state index in [9.17, 15) is 0 Å². The van der Waals surface area contributed by atoms with Crippen molar-refractivity contribution in [1.82, 2.24) is 0 Å². The van der Waals surface area contributed by atoms with Crippen molar-refractivity contribution in [3.63, 3.8) is 0 Å².